The van der Waals surface area contributed by atoms with Crippen molar-refractivity contribution in [2.75, 3.05) is 7.11 Å². The van der Waals surface area contributed by atoms with Crippen molar-refractivity contribution in [1.82, 2.24) is 4.98 Å². The Kier molecular flexibility index (Phi) is 3.04. The third-order valence-electron chi connectivity index (χ3n) is 1.72. The number of hydrogen-bond donors (Lipinski definition) is 0. The molecule has 78 valence electrons. The molecule has 2 heterocycles. The molecule has 3 nitrogen and oxygen atoms in total. The zero-order valence-corrected chi connectivity index (χ0v) is 10.1. The van der Waals surface area contributed by atoms with E-state index in [-0.39, 0.29) is 5.78 Å². The van der Waals surface area contributed by atoms with Crippen molar-refractivity contribution in [3.8, 4) is 5.19 Å². The van der Waals surface area contributed by atoms with Crippen molar-refractivity contribution < 1.29 is 9.53 Å². The van der Waals surface area contributed by atoms with E-state index in [0.717, 1.165) is 0 Å². The van der Waals surface area contributed by atoms with Gasteiger partial charge >= 0.3 is 0 Å². The Morgan fingerprint density at radius 3 is 2.80 bits per heavy atom. The fraction of sp³-hybridized carbons (Fsp3) is 0.111. The Morgan fingerprint density at radius 2 is 2.27 bits per heavy atom. The van der Waals surface area contributed by atoms with Crippen LogP contribution >= 0.6 is 34.3 Å². The Morgan fingerprint density at radius 1 is 1.47 bits per heavy atom. The summed E-state index contributed by atoms with van der Waals surface area (Å²) in [4.78, 5) is 15.8. The quantitative estimate of drug-likeness (QED) is 0.795. The molecule has 0 N–H and O–H groups in total. The van der Waals surface area contributed by atoms with Gasteiger partial charge in [-0.25, -0.2) is 0 Å². The summed E-state index contributed by atoms with van der Waals surface area (Å²) in [7, 11) is 1.52. The van der Waals surface area contributed by atoms with Crippen molar-refractivity contribution in [1.29, 1.82) is 0 Å². The molecule has 0 aliphatic carbocycles. The van der Waals surface area contributed by atoms with Gasteiger partial charge in [-0.3, -0.25) is 4.79 Å². The van der Waals surface area contributed by atoms with Gasteiger partial charge in [0.05, 0.1) is 11.4 Å². The summed E-state index contributed by atoms with van der Waals surface area (Å²) >= 11 is 8.37. The number of aromatic nitrogens is 1. The van der Waals surface area contributed by atoms with E-state index in [1.165, 1.54) is 29.8 Å². The van der Waals surface area contributed by atoms with Gasteiger partial charge in [0.15, 0.2) is 0 Å². The molecule has 0 aliphatic heterocycles. The standard InChI is InChI=1S/C9H6ClNO2S2/c1-13-9-11-6(4-15-9)8(12)5-2-7(10)14-3-5/h2-4H,1H3. The molecule has 0 unspecified atom stereocenters. The van der Waals surface area contributed by atoms with E-state index in [1.807, 2.05) is 0 Å². The van der Waals surface area contributed by atoms with Gasteiger partial charge in [0.2, 0.25) is 5.78 Å². The summed E-state index contributed by atoms with van der Waals surface area (Å²) in [5.74, 6) is -0.127. The van der Waals surface area contributed by atoms with Crippen LogP contribution in [0.25, 0.3) is 0 Å². The maximum Gasteiger partial charge on any atom is 0.273 e. The van der Waals surface area contributed by atoms with Gasteiger partial charge in [-0.15, -0.1) is 11.3 Å². The topological polar surface area (TPSA) is 39.2 Å². The van der Waals surface area contributed by atoms with E-state index in [0.29, 0.717) is 20.8 Å². The number of rotatable bonds is 3. The van der Waals surface area contributed by atoms with Gasteiger partial charge in [-0.2, -0.15) is 4.98 Å². The fourth-order valence-electron chi connectivity index (χ4n) is 1.03. The van der Waals surface area contributed by atoms with Gasteiger partial charge in [-0.1, -0.05) is 22.9 Å². The number of halogens is 1. The van der Waals surface area contributed by atoms with Crippen molar-refractivity contribution in [2.24, 2.45) is 0 Å². The molecule has 6 heteroatoms. The van der Waals surface area contributed by atoms with E-state index in [2.05, 4.69) is 4.98 Å². The molecule has 0 aromatic carbocycles. The molecule has 2 rings (SSSR count). The lowest BCUT2D eigenvalue weighted by Gasteiger charge is -1.91. The van der Waals surface area contributed by atoms with Crippen LogP contribution in [-0.4, -0.2) is 17.9 Å². The van der Waals surface area contributed by atoms with Crippen LogP contribution in [0.5, 0.6) is 5.19 Å². The number of hydrogen-bond acceptors (Lipinski definition) is 5. The van der Waals surface area contributed by atoms with E-state index < -0.39 is 0 Å². The Labute approximate surface area is 99.3 Å². The van der Waals surface area contributed by atoms with Gasteiger partial charge in [-0.05, 0) is 6.07 Å². The number of ketones is 1. The molecule has 2 aromatic heterocycles. The van der Waals surface area contributed by atoms with Crippen LogP contribution in [0.4, 0.5) is 0 Å². The number of carbonyl (C=O) groups is 1. The van der Waals surface area contributed by atoms with Crippen LogP contribution in [0.1, 0.15) is 16.1 Å². The first-order chi connectivity index (χ1) is 7.20. The highest BCUT2D eigenvalue weighted by molar-refractivity contribution is 7.14. The van der Waals surface area contributed by atoms with Crippen LogP contribution in [0.15, 0.2) is 16.8 Å². The van der Waals surface area contributed by atoms with Crippen molar-refractivity contribution in [3.05, 3.63) is 32.4 Å². The molecule has 2 aromatic rings. The lowest BCUT2D eigenvalue weighted by atomic mass is 10.2. The van der Waals surface area contributed by atoms with Gasteiger partial charge < -0.3 is 4.74 Å². The number of thiophene rings is 1. The highest BCUT2D eigenvalue weighted by Crippen LogP contribution is 2.24. The summed E-state index contributed by atoms with van der Waals surface area (Å²) in [5.41, 5.74) is 0.962. The first-order valence-corrected chi connectivity index (χ1v) is 6.12. The third kappa shape index (κ3) is 2.19. The van der Waals surface area contributed by atoms with Crippen molar-refractivity contribution in [2.45, 2.75) is 0 Å². The van der Waals surface area contributed by atoms with Crippen molar-refractivity contribution in [3.63, 3.8) is 0 Å². The van der Waals surface area contributed by atoms with E-state index in [9.17, 15) is 4.79 Å². The SMILES string of the molecule is COc1nc(C(=O)c2csc(Cl)c2)cs1. The molecule has 0 fully saturated rings. The normalized spacial score (nSPS) is 10.3. The number of ether oxygens (including phenoxy) is 1. The average Bonchev–Trinajstić information content (AvgIpc) is 2.84. The van der Waals surface area contributed by atoms with Gasteiger partial charge in [0.1, 0.15) is 5.69 Å². The fourth-order valence-corrected chi connectivity index (χ4v) is 2.51. The van der Waals surface area contributed by atoms with Gasteiger partial charge in [0, 0.05) is 16.3 Å². The van der Waals surface area contributed by atoms with E-state index in [1.54, 1.807) is 16.8 Å². The zero-order valence-electron chi connectivity index (χ0n) is 7.69. The first kappa shape index (κ1) is 10.6. The van der Waals surface area contributed by atoms with Crippen LogP contribution in [-0.2, 0) is 0 Å². The lowest BCUT2D eigenvalue weighted by Crippen LogP contribution is -1.99. The molecule has 0 atom stereocenters. The predicted molar refractivity (Wildman–Crippen MR) is 61.4 cm³/mol. The van der Waals surface area contributed by atoms with E-state index >= 15 is 0 Å². The molecule has 15 heavy (non-hydrogen) atoms. The van der Waals surface area contributed by atoms with Crippen LogP contribution < -0.4 is 4.74 Å². The van der Waals surface area contributed by atoms with Crippen LogP contribution in [0.2, 0.25) is 4.34 Å². The Balaban J connectivity index is 2.28. The highest BCUT2D eigenvalue weighted by atomic mass is 35.5. The second-order valence-electron chi connectivity index (χ2n) is 2.67. The molecule has 0 amide bonds. The second kappa shape index (κ2) is 4.30. The number of carbonyl (C=O) groups excluding carboxylic acids is 1. The zero-order chi connectivity index (χ0) is 10.8. The van der Waals surface area contributed by atoms with Crippen LogP contribution in [0, 0.1) is 0 Å². The first-order valence-electron chi connectivity index (χ1n) is 3.99. The van der Waals surface area contributed by atoms with Crippen molar-refractivity contribution >= 4 is 40.1 Å². The third-order valence-corrected chi connectivity index (χ3v) is 3.61. The maximum absolute atomic E-state index is 11.8. The number of methoxy groups -OCH3 is 1. The van der Waals surface area contributed by atoms with Gasteiger partial charge in [0.25, 0.3) is 5.19 Å². The smallest absolute Gasteiger partial charge is 0.273 e. The summed E-state index contributed by atoms with van der Waals surface area (Å²) in [6, 6.07) is 1.64. The predicted octanol–water partition coefficient (Wildman–Crippen LogP) is 3.10. The molecule has 0 aliphatic rings. The monoisotopic (exact) mass is 259 g/mol. The molecule has 0 radical (unpaired) electrons. The largest absolute Gasteiger partial charge is 0.473 e. The molecule has 0 bridgehead atoms. The summed E-state index contributed by atoms with van der Waals surface area (Å²) in [6.07, 6.45) is 0. The summed E-state index contributed by atoms with van der Waals surface area (Å²) in [5, 5.41) is 3.88. The molecule has 0 spiro atoms. The minimum atomic E-state index is -0.127. The number of thiazole rings is 1. The second-order valence-corrected chi connectivity index (χ2v) is 5.03. The lowest BCUT2D eigenvalue weighted by molar-refractivity contribution is 0.103. The molecular formula is C9H6ClNO2S2. The minimum absolute atomic E-state index is 0.127. The van der Waals surface area contributed by atoms with E-state index in [4.69, 9.17) is 16.3 Å². The summed E-state index contributed by atoms with van der Waals surface area (Å²) < 4.78 is 5.52. The number of nitrogens with zero attached hydrogens (tertiary/aromatic N) is 1. The Hall–Kier alpha value is -0.910. The highest BCUT2D eigenvalue weighted by Gasteiger charge is 2.14. The molecule has 0 saturated carbocycles. The molecular weight excluding hydrogens is 254 g/mol. The Bertz CT molecular complexity index is 492. The molecule has 0 saturated heterocycles. The average molecular weight is 260 g/mol. The summed E-state index contributed by atoms with van der Waals surface area (Å²) in [6.45, 7) is 0. The maximum atomic E-state index is 11.8. The van der Waals surface area contributed by atoms with Crippen LogP contribution in [0.3, 0.4) is 0 Å². The minimum Gasteiger partial charge on any atom is -0.473 e.